The number of nitrogens with one attached hydrogen (secondary N) is 1. The second-order valence-corrected chi connectivity index (χ2v) is 5.72. The molecule has 2 heterocycles. The van der Waals surface area contributed by atoms with Gasteiger partial charge in [0.15, 0.2) is 0 Å². The number of halogens is 3. The summed E-state index contributed by atoms with van der Waals surface area (Å²) < 4.78 is 38.3. The van der Waals surface area contributed by atoms with Gasteiger partial charge in [0.1, 0.15) is 5.69 Å². The quantitative estimate of drug-likeness (QED) is 0.733. The average molecular weight is 360 g/mol. The van der Waals surface area contributed by atoms with Gasteiger partial charge < -0.3 is 10.4 Å². The molecule has 8 heteroatoms. The topological polar surface area (TPSA) is 70.9 Å². The van der Waals surface area contributed by atoms with Crippen molar-refractivity contribution in [2.24, 2.45) is 0 Å². The molecule has 0 aliphatic heterocycles. The summed E-state index contributed by atoms with van der Waals surface area (Å²) >= 11 is 0. The molecule has 0 atom stereocenters. The van der Waals surface area contributed by atoms with Crippen molar-refractivity contribution in [1.82, 2.24) is 15.0 Å². The third-order valence-corrected chi connectivity index (χ3v) is 3.59. The fourth-order valence-electron chi connectivity index (χ4n) is 2.46. The minimum Gasteiger partial charge on any atom is -0.392 e. The largest absolute Gasteiger partial charge is 0.433 e. The Morgan fingerprint density at radius 3 is 2.62 bits per heavy atom. The number of aliphatic hydroxyl groups excluding tert-OH is 1. The minimum absolute atomic E-state index is 0.129. The Labute approximate surface area is 147 Å². The zero-order valence-electron chi connectivity index (χ0n) is 13.7. The first-order valence-electron chi connectivity index (χ1n) is 7.69. The average Bonchev–Trinajstić information content (AvgIpc) is 2.61. The van der Waals surface area contributed by atoms with Crippen LogP contribution in [0.25, 0.3) is 11.1 Å². The van der Waals surface area contributed by atoms with E-state index in [1.165, 1.54) is 0 Å². The van der Waals surface area contributed by atoms with Crippen molar-refractivity contribution in [1.29, 1.82) is 0 Å². The van der Waals surface area contributed by atoms with Crippen LogP contribution in [0, 0.1) is 6.92 Å². The van der Waals surface area contributed by atoms with Gasteiger partial charge >= 0.3 is 6.18 Å². The molecule has 2 N–H and O–H groups in total. The fraction of sp³-hybridized carbons (Fsp3) is 0.167. The summed E-state index contributed by atoms with van der Waals surface area (Å²) in [6, 6.07) is 8.06. The van der Waals surface area contributed by atoms with E-state index >= 15 is 0 Å². The molecule has 0 radical (unpaired) electrons. The summed E-state index contributed by atoms with van der Waals surface area (Å²) in [7, 11) is 0. The zero-order chi connectivity index (χ0) is 18.7. The smallest absolute Gasteiger partial charge is 0.392 e. The molecule has 0 saturated carbocycles. The van der Waals surface area contributed by atoms with Crippen LogP contribution in [-0.2, 0) is 12.8 Å². The SMILES string of the molecule is Cc1cc(Nc2nccc(C(F)(F)F)n2)cc(-c2cncc(CO)c2)c1. The third-order valence-electron chi connectivity index (χ3n) is 3.59. The van der Waals surface area contributed by atoms with Crippen LogP contribution >= 0.6 is 0 Å². The van der Waals surface area contributed by atoms with Gasteiger partial charge in [-0.15, -0.1) is 0 Å². The number of pyridine rings is 1. The molecule has 0 aliphatic carbocycles. The van der Waals surface area contributed by atoms with E-state index in [-0.39, 0.29) is 12.6 Å². The van der Waals surface area contributed by atoms with Crippen LogP contribution < -0.4 is 5.32 Å². The molecule has 5 nitrogen and oxygen atoms in total. The van der Waals surface area contributed by atoms with E-state index in [1.807, 2.05) is 13.0 Å². The number of anilines is 2. The van der Waals surface area contributed by atoms with Gasteiger partial charge in [-0.25, -0.2) is 9.97 Å². The van der Waals surface area contributed by atoms with E-state index in [9.17, 15) is 18.3 Å². The fourth-order valence-corrected chi connectivity index (χ4v) is 2.46. The molecule has 2 aromatic heterocycles. The first-order valence-corrected chi connectivity index (χ1v) is 7.69. The van der Waals surface area contributed by atoms with E-state index in [4.69, 9.17) is 0 Å². The third kappa shape index (κ3) is 4.15. The first-order chi connectivity index (χ1) is 12.3. The number of hydrogen-bond donors (Lipinski definition) is 2. The van der Waals surface area contributed by atoms with Crippen LogP contribution in [0.15, 0.2) is 48.9 Å². The molecule has 1 aromatic carbocycles. The standard InChI is InChI=1S/C18H15F3N4O/c1-11-4-13(14-6-12(10-26)8-22-9-14)7-15(5-11)24-17-23-3-2-16(25-17)18(19,20)21/h2-9,26H,10H2,1H3,(H,23,24,25). The molecule has 0 unspecified atom stereocenters. The van der Waals surface area contributed by atoms with Crippen LogP contribution in [0.1, 0.15) is 16.8 Å². The second-order valence-electron chi connectivity index (χ2n) is 5.72. The summed E-state index contributed by atoms with van der Waals surface area (Å²) in [5.74, 6) is -0.140. The van der Waals surface area contributed by atoms with Gasteiger partial charge in [-0.1, -0.05) is 6.07 Å². The van der Waals surface area contributed by atoms with Crippen molar-refractivity contribution < 1.29 is 18.3 Å². The molecular formula is C18H15F3N4O. The van der Waals surface area contributed by atoms with E-state index in [0.29, 0.717) is 11.3 Å². The Hall–Kier alpha value is -3.00. The Morgan fingerprint density at radius 1 is 1.08 bits per heavy atom. The Morgan fingerprint density at radius 2 is 1.88 bits per heavy atom. The number of nitrogens with zero attached hydrogens (tertiary/aromatic N) is 3. The molecule has 3 rings (SSSR count). The number of aryl methyl sites for hydroxylation is 1. The lowest BCUT2D eigenvalue weighted by atomic mass is 10.0. The van der Waals surface area contributed by atoms with Crippen molar-refractivity contribution in [2.45, 2.75) is 19.7 Å². The van der Waals surface area contributed by atoms with E-state index in [1.54, 1.807) is 30.6 Å². The molecule has 0 bridgehead atoms. The highest BCUT2D eigenvalue weighted by atomic mass is 19.4. The Balaban J connectivity index is 1.93. The van der Waals surface area contributed by atoms with Gasteiger partial charge in [-0.3, -0.25) is 4.98 Å². The molecule has 134 valence electrons. The van der Waals surface area contributed by atoms with Crippen LogP contribution in [0.3, 0.4) is 0 Å². The highest BCUT2D eigenvalue weighted by molar-refractivity contribution is 5.70. The van der Waals surface area contributed by atoms with Gasteiger partial charge in [0.2, 0.25) is 5.95 Å². The Bertz CT molecular complexity index is 928. The predicted octanol–water partition coefficient (Wildman–Crippen LogP) is 4.10. The minimum atomic E-state index is -4.53. The monoisotopic (exact) mass is 360 g/mol. The number of benzene rings is 1. The van der Waals surface area contributed by atoms with Gasteiger partial charge in [-0.2, -0.15) is 13.2 Å². The number of aliphatic hydroxyl groups is 1. The highest BCUT2D eigenvalue weighted by Gasteiger charge is 2.32. The lowest BCUT2D eigenvalue weighted by Gasteiger charge is -2.11. The van der Waals surface area contributed by atoms with Crippen molar-refractivity contribution >= 4 is 11.6 Å². The van der Waals surface area contributed by atoms with Gasteiger partial charge in [0.25, 0.3) is 0 Å². The maximum atomic E-state index is 12.8. The van der Waals surface area contributed by atoms with Crippen molar-refractivity contribution in [3.05, 3.63) is 65.7 Å². The number of rotatable bonds is 4. The van der Waals surface area contributed by atoms with Gasteiger partial charge in [0.05, 0.1) is 6.61 Å². The maximum Gasteiger partial charge on any atom is 0.433 e. The number of hydrogen-bond acceptors (Lipinski definition) is 5. The number of aromatic nitrogens is 3. The van der Waals surface area contributed by atoms with E-state index in [0.717, 1.165) is 29.0 Å². The predicted molar refractivity (Wildman–Crippen MR) is 90.6 cm³/mol. The highest BCUT2D eigenvalue weighted by Crippen LogP contribution is 2.29. The van der Waals surface area contributed by atoms with Crippen LogP contribution in [0.5, 0.6) is 0 Å². The maximum absolute atomic E-state index is 12.8. The Kier molecular flexibility index (Phi) is 4.85. The normalized spacial score (nSPS) is 11.4. The first kappa shape index (κ1) is 17.8. The van der Waals surface area contributed by atoms with Gasteiger partial charge in [-0.05, 0) is 47.9 Å². The molecule has 0 spiro atoms. The van der Waals surface area contributed by atoms with Crippen LogP contribution in [0.2, 0.25) is 0 Å². The molecule has 0 amide bonds. The van der Waals surface area contributed by atoms with E-state index < -0.39 is 11.9 Å². The summed E-state index contributed by atoms with van der Waals surface area (Å²) in [6.45, 7) is 1.74. The van der Waals surface area contributed by atoms with Crippen LogP contribution in [-0.4, -0.2) is 20.1 Å². The zero-order valence-corrected chi connectivity index (χ0v) is 13.7. The molecule has 0 fully saturated rings. The summed E-state index contributed by atoms with van der Waals surface area (Å²) in [5, 5.41) is 12.0. The lowest BCUT2D eigenvalue weighted by Crippen LogP contribution is -2.10. The van der Waals surface area contributed by atoms with Gasteiger partial charge in [0, 0.05) is 29.8 Å². The molecular weight excluding hydrogens is 345 g/mol. The molecule has 3 aromatic rings. The summed E-state index contributed by atoms with van der Waals surface area (Å²) in [4.78, 5) is 11.4. The lowest BCUT2D eigenvalue weighted by molar-refractivity contribution is -0.141. The number of alkyl halides is 3. The van der Waals surface area contributed by atoms with Crippen molar-refractivity contribution in [3.8, 4) is 11.1 Å². The summed E-state index contributed by atoms with van der Waals surface area (Å²) in [6.07, 6.45) is -0.259. The van der Waals surface area contributed by atoms with E-state index in [2.05, 4.69) is 20.3 Å². The summed E-state index contributed by atoms with van der Waals surface area (Å²) in [5.41, 5.74) is 2.69. The van der Waals surface area contributed by atoms with Crippen molar-refractivity contribution in [3.63, 3.8) is 0 Å². The second kappa shape index (κ2) is 7.09. The molecule has 26 heavy (non-hydrogen) atoms. The van der Waals surface area contributed by atoms with Crippen LogP contribution in [0.4, 0.5) is 24.8 Å². The molecule has 0 saturated heterocycles. The van der Waals surface area contributed by atoms with Crippen molar-refractivity contribution in [2.75, 3.05) is 5.32 Å². The molecule has 0 aliphatic rings.